The molecule has 3 amide bonds. The van der Waals surface area contributed by atoms with Crippen molar-refractivity contribution in [3.8, 4) is 0 Å². The molecule has 0 aliphatic heterocycles. The second kappa shape index (κ2) is 11.9. The molecule has 12 nitrogen and oxygen atoms in total. The van der Waals surface area contributed by atoms with Crippen LogP contribution >= 0.6 is 0 Å². The van der Waals surface area contributed by atoms with Gasteiger partial charge in [-0.1, -0.05) is 20.3 Å². The highest BCUT2D eigenvalue weighted by Gasteiger charge is 2.30. The van der Waals surface area contributed by atoms with Crippen molar-refractivity contribution in [3.05, 3.63) is 0 Å². The van der Waals surface area contributed by atoms with Gasteiger partial charge in [0.15, 0.2) is 0 Å². The monoisotopic (exact) mass is 404 g/mol. The largest absolute Gasteiger partial charge is 0.481 e. The Morgan fingerprint density at radius 1 is 0.929 bits per heavy atom. The third-order valence-electron chi connectivity index (χ3n) is 4.08. The van der Waals surface area contributed by atoms with Crippen molar-refractivity contribution in [2.75, 3.05) is 6.61 Å². The topological polar surface area (TPSA) is 208 Å². The first kappa shape index (κ1) is 25.3. The normalized spacial score (nSPS) is 16.0. The first-order chi connectivity index (χ1) is 12.9. The minimum atomic E-state index is -1.44. The SMILES string of the molecule is CCC(C)C(NC(=O)C(CO)NC(=O)C(C)NC(=O)C(N)CC(=O)O)C(=O)O. The van der Waals surface area contributed by atoms with Crippen molar-refractivity contribution in [1.82, 2.24) is 16.0 Å². The van der Waals surface area contributed by atoms with Crippen LogP contribution in [-0.4, -0.2) is 75.8 Å². The van der Waals surface area contributed by atoms with E-state index in [0.717, 1.165) is 0 Å². The lowest BCUT2D eigenvalue weighted by molar-refractivity contribution is -0.144. The Balaban J connectivity index is 4.88. The fraction of sp³-hybridized carbons (Fsp3) is 0.688. The first-order valence-corrected chi connectivity index (χ1v) is 8.66. The average molecular weight is 404 g/mol. The number of aliphatic hydroxyl groups is 1. The van der Waals surface area contributed by atoms with Crippen molar-refractivity contribution >= 4 is 29.7 Å². The summed E-state index contributed by atoms with van der Waals surface area (Å²) in [7, 11) is 0. The Labute approximate surface area is 161 Å². The smallest absolute Gasteiger partial charge is 0.326 e. The molecule has 8 N–H and O–H groups in total. The molecule has 0 saturated heterocycles. The van der Waals surface area contributed by atoms with E-state index in [2.05, 4.69) is 16.0 Å². The molecule has 0 aliphatic rings. The van der Waals surface area contributed by atoms with E-state index >= 15 is 0 Å². The summed E-state index contributed by atoms with van der Waals surface area (Å²) in [5, 5.41) is 33.8. The average Bonchev–Trinajstić information content (AvgIpc) is 2.61. The van der Waals surface area contributed by atoms with Crippen LogP contribution in [0.5, 0.6) is 0 Å². The van der Waals surface area contributed by atoms with E-state index < -0.39 is 66.9 Å². The van der Waals surface area contributed by atoms with Gasteiger partial charge in [0.1, 0.15) is 18.1 Å². The molecule has 0 fully saturated rings. The van der Waals surface area contributed by atoms with Crippen LogP contribution in [0.3, 0.4) is 0 Å². The molecule has 160 valence electrons. The zero-order valence-electron chi connectivity index (χ0n) is 16.0. The van der Waals surface area contributed by atoms with Crippen molar-refractivity contribution in [2.24, 2.45) is 11.7 Å². The van der Waals surface area contributed by atoms with Gasteiger partial charge in [-0.3, -0.25) is 19.2 Å². The zero-order valence-corrected chi connectivity index (χ0v) is 16.0. The van der Waals surface area contributed by atoms with Gasteiger partial charge in [-0.25, -0.2) is 4.79 Å². The van der Waals surface area contributed by atoms with Crippen molar-refractivity contribution in [1.29, 1.82) is 0 Å². The first-order valence-electron chi connectivity index (χ1n) is 8.66. The zero-order chi connectivity index (χ0) is 22.0. The van der Waals surface area contributed by atoms with Crippen LogP contribution in [0.2, 0.25) is 0 Å². The van der Waals surface area contributed by atoms with Gasteiger partial charge in [0.25, 0.3) is 0 Å². The third-order valence-corrected chi connectivity index (χ3v) is 4.08. The van der Waals surface area contributed by atoms with E-state index in [1.807, 2.05) is 0 Å². The molecule has 0 spiro atoms. The molecule has 28 heavy (non-hydrogen) atoms. The van der Waals surface area contributed by atoms with Gasteiger partial charge < -0.3 is 37.0 Å². The minimum absolute atomic E-state index is 0.384. The maximum absolute atomic E-state index is 12.2. The second-order valence-corrected chi connectivity index (χ2v) is 6.39. The number of aliphatic carboxylic acids is 2. The molecule has 0 aromatic rings. The number of aliphatic hydroxyl groups excluding tert-OH is 1. The molecule has 0 heterocycles. The van der Waals surface area contributed by atoms with Gasteiger partial charge >= 0.3 is 11.9 Å². The molecular formula is C16H28N4O8. The van der Waals surface area contributed by atoms with E-state index in [0.29, 0.717) is 6.42 Å². The summed E-state index contributed by atoms with van der Waals surface area (Å²) in [4.78, 5) is 57.9. The van der Waals surface area contributed by atoms with Crippen LogP contribution < -0.4 is 21.7 Å². The molecule has 0 saturated carbocycles. The molecular weight excluding hydrogens is 376 g/mol. The number of carbonyl (C=O) groups excluding carboxylic acids is 3. The molecule has 0 aliphatic carbocycles. The lowest BCUT2D eigenvalue weighted by atomic mass is 9.99. The van der Waals surface area contributed by atoms with E-state index in [4.69, 9.17) is 10.8 Å². The van der Waals surface area contributed by atoms with Crippen LogP contribution in [0.1, 0.15) is 33.6 Å². The number of hydrogen-bond donors (Lipinski definition) is 7. The summed E-state index contributed by atoms with van der Waals surface area (Å²) in [6.07, 6.45) is -0.152. The Kier molecular flexibility index (Phi) is 10.7. The fourth-order valence-electron chi connectivity index (χ4n) is 2.09. The number of carboxylic acids is 2. The Morgan fingerprint density at radius 2 is 1.50 bits per heavy atom. The van der Waals surface area contributed by atoms with Crippen LogP contribution in [-0.2, 0) is 24.0 Å². The summed E-state index contributed by atoms with van der Waals surface area (Å²) in [6.45, 7) is 3.84. The van der Waals surface area contributed by atoms with E-state index in [1.54, 1.807) is 13.8 Å². The number of hydrogen-bond acceptors (Lipinski definition) is 7. The molecule has 0 radical (unpaired) electrons. The maximum Gasteiger partial charge on any atom is 0.326 e. The molecule has 0 aromatic carbocycles. The maximum atomic E-state index is 12.2. The predicted molar refractivity (Wildman–Crippen MR) is 95.9 cm³/mol. The van der Waals surface area contributed by atoms with Crippen LogP contribution in [0.4, 0.5) is 0 Å². The molecule has 12 heteroatoms. The van der Waals surface area contributed by atoms with Crippen molar-refractivity contribution in [3.63, 3.8) is 0 Å². The Bertz CT molecular complexity index is 597. The lowest BCUT2D eigenvalue weighted by Crippen LogP contribution is -2.58. The van der Waals surface area contributed by atoms with E-state index in [1.165, 1.54) is 6.92 Å². The van der Waals surface area contributed by atoms with Gasteiger partial charge in [0.2, 0.25) is 17.7 Å². The van der Waals surface area contributed by atoms with Crippen LogP contribution in [0.25, 0.3) is 0 Å². The van der Waals surface area contributed by atoms with Crippen LogP contribution in [0, 0.1) is 5.92 Å². The highest BCUT2D eigenvalue weighted by Crippen LogP contribution is 2.08. The van der Waals surface area contributed by atoms with Gasteiger partial charge in [-0.15, -0.1) is 0 Å². The summed E-state index contributed by atoms with van der Waals surface area (Å²) < 4.78 is 0. The van der Waals surface area contributed by atoms with Crippen LogP contribution in [0.15, 0.2) is 0 Å². The summed E-state index contributed by atoms with van der Waals surface area (Å²) >= 11 is 0. The fourth-order valence-corrected chi connectivity index (χ4v) is 2.09. The predicted octanol–water partition coefficient (Wildman–Crippen LogP) is -2.61. The number of nitrogens with one attached hydrogen (secondary N) is 3. The molecule has 0 rings (SSSR count). The third kappa shape index (κ3) is 8.31. The number of carbonyl (C=O) groups is 5. The molecule has 5 atom stereocenters. The van der Waals surface area contributed by atoms with Crippen molar-refractivity contribution < 1.29 is 39.3 Å². The highest BCUT2D eigenvalue weighted by molar-refractivity contribution is 5.94. The number of rotatable bonds is 12. The van der Waals surface area contributed by atoms with Gasteiger partial charge in [0.05, 0.1) is 19.1 Å². The van der Waals surface area contributed by atoms with Gasteiger partial charge in [-0.2, -0.15) is 0 Å². The number of amides is 3. The standard InChI is InChI=1S/C16H28N4O8/c1-4-7(2)12(16(27)28)20-15(26)10(6-21)19-13(24)8(3)18-14(25)9(17)5-11(22)23/h7-10,12,21H,4-6,17H2,1-3H3,(H,18,25)(H,19,24)(H,20,26)(H,22,23)(H,27,28). The molecule has 5 unspecified atom stereocenters. The van der Waals surface area contributed by atoms with Gasteiger partial charge in [0, 0.05) is 0 Å². The molecule has 0 bridgehead atoms. The summed E-state index contributed by atoms with van der Waals surface area (Å²) in [5.41, 5.74) is 5.38. The minimum Gasteiger partial charge on any atom is -0.481 e. The number of carboxylic acid groups (broad SMARTS) is 2. The summed E-state index contributed by atoms with van der Waals surface area (Å²) in [6, 6.07) is -5.18. The van der Waals surface area contributed by atoms with E-state index in [9.17, 15) is 34.2 Å². The quantitative estimate of drug-likeness (QED) is 0.181. The Morgan fingerprint density at radius 3 is 1.93 bits per heavy atom. The van der Waals surface area contributed by atoms with Gasteiger partial charge in [-0.05, 0) is 12.8 Å². The Hall–Kier alpha value is -2.73. The van der Waals surface area contributed by atoms with E-state index in [-0.39, 0.29) is 5.92 Å². The molecule has 0 aromatic heterocycles. The summed E-state index contributed by atoms with van der Waals surface area (Å²) in [5.74, 6) is -5.54. The highest BCUT2D eigenvalue weighted by atomic mass is 16.4. The lowest BCUT2D eigenvalue weighted by Gasteiger charge is -2.24. The second-order valence-electron chi connectivity index (χ2n) is 6.39. The van der Waals surface area contributed by atoms with Crippen molar-refractivity contribution in [2.45, 2.75) is 57.8 Å². The number of nitrogens with two attached hydrogens (primary N) is 1.